The van der Waals surface area contributed by atoms with Crippen molar-refractivity contribution in [3.63, 3.8) is 0 Å². The first kappa shape index (κ1) is 39.7. The number of nitrogens with zero attached hydrogens (tertiary/aromatic N) is 4. The Hall–Kier alpha value is -3.11. The third-order valence-electron chi connectivity index (χ3n) is 9.10. The number of hydrogen-bond acceptors (Lipinski definition) is 6. The summed E-state index contributed by atoms with van der Waals surface area (Å²) < 4.78 is 29.6. The van der Waals surface area contributed by atoms with Crippen LogP contribution in [0.2, 0.25) is 10.0 Å². The predicted octanol–water partition coefficient (Wildman–Crippen LogP) is 8.09. The smallest absolute Gasteiger partial charge is 0.325 e. The van der Waals surface area contributed by atoms with E-state index >= 15 is 0 Å². The number of amides is 2. The maximum absolute atomic E-state index is 14.6. The number of carbonyl (C=O) groups excluding carboxylic acids is 1. The highest BCUT2D eigenvalue weighted by atomic mass is 35.5. The van der Waals surface area contributed by atoms with Crippen LogP contribution in [0.25, 0.3) is 0 Å². The van der Waals surface area contributed by atoms with Crippen LogP contribution in [0.3, 0.4) is 0 Å². The lowest BCUT2D eigenvalue weighted by Gasteiger charge is -2.38. The van der Waals surface area contributed by atoms with E-state index in [1.54, 1.807) is 4.90 Å². The lowest BCUT2D eigenvalue weighted by molar-refractivity contribution is 0.126. The molecule has 0 N–H and O–H groups in total. The van der Waals surface area contributed by atoms with E-state index < -0.39 is 15.4 Å². The molecule has 0 unspecified atom stereocenters. The molecule has 1 aliphatic heterocycles. The Kier molecular flexibility index (Phi) is 13.4. The molecular formula is C39H52Cl2N4O4S. The minimum atomic E-state index is -3.01. The van der Waals surface area contributed by atoms with Crippen LogP contribution >= 0.6 is 23.2 Å². The van der Waals surface area contributed by atoms with Crippen LogP contribution < -0.4 is 4.74 Å². The summed E-state index contributed by atoms with van der Waals surface area (Å²) in [5.74, 6) is 1.36. The Balaban J connectivity index is 1.82. The van der Waals surface area contributed by atoms with Gasteiger partial charge in [-0.2, -0.15) is 0 Å². The molecular weight excluding hydrogens is 691 g/mol. The number of ether oxygens (including phenoxy) is 1. The maximum Gasteiger partial charge on any atom is 0.325 e. The monoisotopic (exact) mass is 742 g/mol. The van der Waals surface area contributed by atoms with Crippen LogP contribution in [0.15, 0.2) is 71.7 Å². The Morgan fingerprint density at radius 1 is 0.880 bits per heavy atom. The molecule has 8 nitrogen and oxygen atoms in total. The van der Waals surface area contributed by atoms with Gasteiger partial charge in [-0.3, -0.25) is 14.8 Å². The van der Waals surface area contributed by atoms with Gasteiger partial charge >= 0.3 is 6.03 Å². The van der Waals surface area contributed by atoms with E-state index in [9.17, 15) is 13.2 Å². The molecule has 0 aromatic heterocycles. The van der Waals surface area contributed by atoms with E-state index in [2.05, 4.69) is 44.7 Å². The van der Waals surface area contributed by atoms with Gasteiger partial charge in [-0.15, -0.1) is 0 Å². The predicted molar refractivity (Wildman–Crippen MR) is 207 cm³/mol. The van der Waals surface area contributed by atoms with Crippen molar-refractivity contribution in [3.05, 3.63) is 99.0 Å². The second-order valence-corrected chi connectivity index (χ2v) is 17.4. The second kappa shape index (κ2) is 16.9. The summed E-state index contributed by atoms with van der Waals surface area (Å²) in [7, 11) is -3.01. The molecule has 1 aliphatic rings. The Morgan fingerprint density at radius 3 is 2.00 bits per heavy atom. The molecule has 0 saturated carbocycles. The molecule has 0 radical (unpaired) electrons. The molecule has 1 atom stereocenters. The van der Waals surface area contributed by atoms with Crippen molar-refractivity contribution in [1.82, 2.24) is 14.7 Å². The van der Waals surface area contributed by atoms with Gasteiger partial charge in [-0.25, -0.2) is 13.2 Å². The van der Waals surface area contributed by atoms with Crippen molar-refractivity contribution in [1.29, 1.82) is 0 Å². The molecule has 3 aromatic rings. The molecule has 272 valence electrons. The fourth-order valence-corrected chi connectivity index (χ4v) is 7.13. The fraction of sp³-hybridized carbons (Fsp3) is 0.487. The number of benzene rings is 3. The van der Waals surface area contributed by atoms with Gasteiger partial charge in [0, 0.05) is 55.4 Å². The number of aliphatic imine (C=N–C) groups is 1. The van der Waals surface area contributed by atoms with Crippen LogP contribution in [0.1, 0.15) is 70.2 Å². The molecule has 0 bridgehead atoms. The van der Waals surface area contributed by atoms with Gasteiger partial charge < -0.3 is 9.64 Å². The largest absolute Gasteiger partial charge is 0.493 e. The van der Waals surface area contributed by atoms with Crippen LogP contribution in [0.4, 0.5) is 4.79 Å². The third kappa shape index (κ3) is 10.7. The number of rotatable bonds is 12. The van der Waals surface area contributed by atoms with Gasteiger partial charge in [0.2, 0.25) is 0 Å². The zero-order valence-corrected chi connectivity index (χ0v) is 32.8. The molecule has 1 fully saturated rings. The third-order valence-corrected chi connectivity index (χ3v) is 10.6. The molecule has 4 rings (SSSR count). The van der Waals surface area contributed by atoms with E-state index in [0.29, 0.717) is 80.3 Å². The molecule has 50 heavy (non-hydrogen) atoms. The quantitative estimate of drug-likeness (QED) is 0.138. The van der Waals surface area contributed by atoms with E-state index in [1.807, 2.05) is 73.3 Å². The normalized spacial score (nSPS) is 15.9. The number of carbonyl (C=O) groups is 1. The second-order valence-electron chi connectivity index (χ2n) is 14.3. The first-order valence-electron chi connectivity index (χ1n) is 17.4. The fourth-order valence-electron chi connectivity index (χ4n) is 6.22. The summed E-state index contributed by atoms with van der Waals surface area (Å²) in [6.45, 7) is 16.4. The van der Waals surface area contributed by atoms with Crippen molar-refractivity contribution < 1.29 is 17.9 Å². The highest BCUT2D eigenvalue weighted by Gasteiger charge is 2.34. The summed E-state index contributed by atoms with van der Waals surface area (Å²) in [4.78, 5) is 26.0. The topological polar surface area (TPSA) is 82.5 Å². The van der Waals surface area contributed by atoms with Gasteiger partial charge in [0.25, 0.3) is 0 Å². The number of urea groups is 1. The van der Waals surface area contributed by atoms with Crippen LogP contribution in [0.5, 0.6) is 5.75 Å². The molecule has 0 spiro atoms. The molecule has 3 aromatic carbocycles. The van der Waals surface area contributed by atoms with Crippen molar-refractivity contribution in [2.75, 3.05) is 57.9 Å². The number of sulfone groups is 1. The van der Waals surface area contributed by atoms with E-state index in [-0.39, 0.29) is 17.2 Å². The molecule has 0 aliphatic carbocycles. The first-order valence-corrected chi connectivity index (χ1v) is 20.2. The lowest BCUT2D eigenvalue weighted by Crippen LogP contribution is -2.54. The number of amidine groups is 1. The maximum atomic E-state index is 14.6. The summed E-state index contributed by atoms with van der Waals surface area (Å²) in [6.07, 6.45) is 2.38. The van der Waals surface area contributed by atoms with Crippen molar-refractivity contribution >= 4 is 44.9 Å². The minimum Gasteiger partial charge on any atom is -0.493 e. The van der Waals surface area contributed by atoms with Gasteiger partial charge in [0.05, 0.1) is 23.5 Å². The average molecular weight is 744 g/mol. The molecule has 2 amide bonds. The first-order chi connectivity index (χ1) is 23.5. The van der Waals surface area contributed by atoms with Crippen LogP contribution in [-0.4, -0.2) is 92.9 Å². The highest BCUT2D eigenvalue weighted by Crippen LogP contribution is 2.35. The summed E-state index contributed by atoms with van der Waals surface area (Å²) in [5, 5.41) is 1.29. The van der Waals surface area contributed by atoms with Gasteiger partial charge in [0.1, 0.15) is 21.4 Å². The SMILES string of the molecule is CCOc1cc(C(C)(C)C)ccc1/C(=N/[C@](C)(Cc1ccc(Cl)cc1)c1ccc(Cl)cc1)N(CC)C(=O)N1CCN(CCCS(C)(=O)=O)CC1. The van der Waals surface area contributed by atoms with Gasteiger partial charge in [-0.1, -0.05) is 74.3 Å². The van der Waals surface area contributed by atoms with Crippen LogP contribution in [-0.2, 0) is 27.2 Å². The zero-order valence-electron chi connectivity index (χ0n) is 30.5. The molecule has 1 saturated heterocycles. The van der Waals surface area contributed by atoms with Crippen LogP contribution in [0, 0.1) is 0 Å². The minimum absolute atomic E-state index is 0.116. The van der Waals surface area contributed by atoms with E-state index in [4.69, 9.17) is 32.9 Å². The number of hydrogen-bond donors (Lipinski definition) is 0. The van der Waals surface area contributed by atoms with Gasteiger partial charge in [0.15, 0.2) is 0 Å². The van der Waals surface area contributed by atoms with E-state index in [1.165, 1.54) is 6.26 Å². The number of halogens is 2. The van der Waals surface area contributed by atoms with Crippen molar-refractivity contribution in [2.45, 2.75) is 65.3 Å². The van der Waals surface area contributed by atoms with E-state index in [0.717, 1.165) is 22.3 Å². The summed E-state index contributed by atoms with van der Waals surface area (Å²) >= 11 is 12.6. The highest BCUT2D eigenvalue weighted by molar-refractivity contribution is 7.90. The summed E-state index contributed by atoms with van der Waals surface area (Å²) in [6, 6.07) is 21.6. The number of piperazine rings is 1. The molecule has 1 heterocycles. The zero-order chi connectivity index (χ0) is 36.7. The summed E-state index contributed by atoms with van der Waals surface area (Å²) in [5.41, 5.74) is 2.92. The lowest BCUT2D eigenvalue weighted by atomic mass is 9.85. The van der Waals surface area contributed by atoms with Crippen molar-refractivity contribution in [3.8, 4) is 5.75 Å². The molecule has 11 heteroatoms. The Bertz CT molecular complexity index is 1730. The Morgan fingerprint density at radius 2 is 1.46 bits per heavy atom. The average Bonchev–Trinajstić information content (AvgIpc) is 3.05. The standard InChI is InChI=1S/C39H52Cl2N4O4S/c1-8-45(37(46)44-24-22-43(23-25-44)21-10-26-50(7,47)48)36(34-20-15-31(38(3,4)5)27-35(34)49-9-2)42-39(6,30-13-18-33(41)19-14-30)28-29-11-16-32(40)17-12-29/h11-20,27H,8-10,21-26,28H2,1-7H3/b42-36-/t39-/m1/s1. The Labute approximate surface area is 309 Å². The van der Waals surface area contributed by atoms with Gasteiger partial charge in [-0.05, 0) is 92.2 Å². The van der Waals surface area contributed by atoms with Crippen molar-refractivity contribution in [2.24, 2.45) is 4.99 Å².